The van der Waals surface area contributed by atoms with Gasteiger partial charge in [0.25, 0.3) is 0 Å². The lowest BCUT2D eigenvalue weighted by atomic mass is 9.89. The second kappa shape index (κ2) is 12.0. The lowest BCUT2D eigenvalue weighted by Gasteiger charge is -2.32. The van der Waals surface area contributed by atoms with Crippen molar-refractivity contribution in [3.8, 4) is 0 Å². The van der Waals surface area contributed by atoms with Crippen LogP contribution < -0.4 is 0 Å². The molecule has 0 bridgehead atoms. The van der Waals surface area contributed by atoms with Gasteiger partial charge >= 0.3 is 0 Å². The van der Waals surface area contributed by atoms with Gasteiger partial charge < -0.3 is 14.5 Å². The van der Waals surface area contributed by atoms with E-state index in [-0.39, 0.29) is 12.5 Å². The second-order valence-electron chi connectivity index (χ2n) is 9.41. The number of rotatable bonds is 9. The number of carbonyl (C=O) groups excluding carboxylic acids is 2. The van der Waals surface area contributed by atoms with Crippen molar-refractivity contribution in [3.63, 3.8) is 0 Å². The molecule has 2 fully saturated rings. The summed E-state index contributed by atoms with van der Waals surface area (Å²) in [5.41, 5.74) is 3.68. The number of nitrogens with zero attached hydrogens (tertiary/aromatic N) is 2. The van der Waals surface area contributed by atoms with Crippen molar-refractivity contribution in [2.75, 3.05) is 32.8 Å². The van der Waals surface area contributed by atoms with Gasteiger partial charge in [-0.3, -0.25) is 9.59 Å². The zero-order chi connectivity index (χ0) is 22.9. The Kier molecular flexibility index (Phi) is 8.53. The van der Waals surface area contributed by atoms with Crippen molar-refractivity contribution in [1.82, 2.24) is 9.80 Å². The molecule has 2 saturated heterocycles. The van der Waals surface area contributed by atoms with Crippen molar-refractivity contribution in [2.24, 2.45) is 5.92 Å². The van der Waals surface area contributed by atoms with Gasteiger partial charge in [-0.25, -0.2) is 0 Å². The SMILES string of the molecule is O=C(CCc1ccc(CC2CCN(C(=O)COCc3ccccc3)CC2)cc1)N1CCCC1. The van der Waals surface area contributed by atoms with E-state index in [2.05, 4.69) is 24.3 Å². The number of ether oxygens (including phenoxy) is 1. The highest BCUT2D eigenvalue weighted by Crippen LogP contribution is 2.22. The van der Waals surface area contributed by atoms with Crippen molar-refractivity contribution in [3.05, 3.63) is 71.3 Å². The quantitative estimate of drug-likeness (QED) is 0.577. The number of benzene rings is 2. The van der Waals surface area contributed by atoms with Gasteiger partial charge in [-0.05, 0) is 61.1 Å². The molecule has 0 saturated carbocycles. The standard InChI is InChI=1S/C28H36N2O3/c31-27(29-16-4-5-17-29)13-12-23-8-10-24(11-9-23)20-25-14-18-30(19-15-25)28(32)22-33-21-26-6-2-1-3-7-26/h1-3,6-11,25H,4-5,12-22H2. The van der Waals surface area contributed by atoms with Crippen LogP contribution in [-0.4, -0.2) is 54.4 Å². The van der Waals surface area contributed by atoms with Crippen LogP contribution in [0.1, 0.15) is 48.8 Å². The summed E-state index contributed by atoms with van der Waals surface area (Å²) in [6.07, 6.45) is 6.86. The number of piperidine rings is 1. The predicted molar refractivity (Wildman–Crippen MR) is 130 cm³/mol. The average molecular weight is 449 g/mol. The molecule has 2 aliphatic rings. The zero-order valence-corrected chi connectivity index (χ0v) is 19.6. The molecule has 0 aliphatic carbocycles. The van der Waals surface area contributed by atoms with Crippen LogP contribution in [0.5, 0.6) is 0 Å². The molecule has 5 heteroatoms. The summed E-state index contributed by atoms with van der Waals surface area (Å²) in [6, 6.07) is 18.7. The van der Waals surface area contributed by atoms with Crippen molar-refractivity contribution in [1.29, 1.82) is 0 Å². The van der Waals surface area contributed by atoms with E-state index in [0.29, 0.717) is 24.9 Å². The summed E-state index contributed by atoms with van der Waals surface area (Å²) in [6.45, 7) is 4.13. The number of aryl methyl sites for hydroxylation is 1. The molecule has 4 rings (SSSR count). The van der Waals surface area contributed by atoms with Crippen LogP contribution in [0.25, 0.3) is 0 Å². The largest absolute Gasteiger partial charge is 0.367 e. The third-order valence-electron chi connectivity index (χ3n) is 6.94. The van der Waals surface area contributed by atoms with Crippen LogP contribution in [0.4, 0.5) is 0 Å². The molecule has 2 aromatic carbocycles. The third kappa shape index (κ3) is 7.16. The molecule has 33 heavy (non-hydrogen) atoms. The highest BCUT2D eigenvalue weighted by molar-refractivity contribution is 5.77. The van der Waals surface area contributed by atoms with Gasteiger partial charge in [-0.15, -0.1) is 0 Å². The normalized spacial score (nSPS) is 16.8. The third-order valence-corrected chi connectivity index (χ3v) is 6.94. The molecule has 0 radical (unpaired) electrons. The van der Waals surface area contributed by atoms with Crippen LogP contribution >= 0.6 is 0 Å². The summed E-state index contributed by atoms with van der Waals surface area (Å²) >= 11 is 0. The van der Waals surface area contributed by atoms with Crippen LogP contribution in [0, 0.1) is 5.92 Å². The van der Waals surface area contributed by atoms with Gasteiger partial charge in [0.15, 0.2) is 0 Å². The fourth-order valence-electron chi connectivity index (χ4n) is 4.86. The minimum atomic E-state index is 0.0946. The zero-order valence-electron chi connectivity index (χ0n) is 19.6. The Bertz CT molecular complexity index is 883. The van der Waals surface area contributed by atoms with E-state index in [9.17, 15) is 9.59 Å². The Morgan fingerprint density at radius 2 is 1.39 bits per heavy atom. The number of hydrogen-bond donors (Lipinski definition) is 0. The Hall–Kier alpha value is -2.66. The molecule has 2 aromatic rings. The molecule has 2 aliphatic heterocycles. The average Bonchev–Trinajstić information content (AvgIpc) is 3.40. The maximum Gasteiger partial charge on any atom is 0.248 e. The van der Waals surface area contributed by atoms with E-state index in [4.69, 9.17) is 4.74 Å². The predicted octanol–water partition coefficient (Wildman–Crippen LogP) is 4.24. The van der Waals surface area contributed by atoms with Gasteiger partial charge in [0.1, 0.15) is 6.61 Å². The summed E-state index contributed by atoms with van der Waals surface area (Å²) in [5.74, 6) is 1.00. The first-order valence-corrected chi connectivity index (χ1v) is 12.4. The first-order chi connectivity index (χ1) is 16.2. The number of likely N-dealkylation sites (tertiary alicyclic amines) is 2. The van der Waals surface area contributed by atoms with Gasteiger partial charge in [-0.2, -0.15) is 0 Å². The van der Waals surface area contributed by atoms with E-state index in [1.54, 1.807) is 0 Å². The molecule has 2 heterocycles. The Balaban J connectivity index is 1.13. The van der Waals surface area contributed by atoms with Crippen molar-refractivity contribution >= 4 is 11.8 Å². The molecular weight excluding hydrogens is 412 g/mol. The van der Waals surface area contributed by atoms with E-state index in [0.717, 1.165) is 70.3 Å². The molecule has 0 aromatic heterocycles. The van der Waals surface area contributed by atoms with Crippen molar-refractivity contribution < 1.29 is 14.3 Å². The van der Waals surface area contributed by atoms with E-state index < -0.39 is 0 Å². The monoisotopic (exact) mass is 448 g/mol. The van der Waals surface area contributed by atoms with Gasteiger partial charge in [0.05, 0.1) is 6.61 Å². The van der Waals surface area contributed by atoms with Gasteiger partial charge in [0, 0.05) is 32.6 Å². The summed E-state index contributed by atoms with van der Waals surface area (Å²) in [4.78, 5) is 28.6. The molecular formula is C28H36N2O3. The molecule has 0 N–H and O–H groups in total. The Morgan fingerprint density at radius 1 is 0.758 bits per heavy atom. The molecule has 0 unspecified atom stereocenters. The van der Waals surface area contributed by atoms with E-state index in [1.807, 2.05) is 40.1 Å². The Labute approximate surface area is 197 Å². The summed E-state index contributed by atoms with van der Waals surface area (Å²) < 4.78 is 5.62. The minimum Gasteiger partial charge on any atom is -0.367 e. The maximum absolute atomic E-state index is 12.5. The summed E-state index contributed by atoms with van der Waals surface area (Å²) in [7, 11) is 0. The first-order valence-electron chi connectivity index (χ1n) is 12.4. The van der Waals surface area contributed by atoms with Crippen LogP contribution in [0.3, 0.4) is 0 Å². The highest BCUT2D eigenvalue weighted by Gasteiger charge is 2.23. The summed E-state index contributed by atoms with van der Waals surface area (Å²) in [5, 5.41) is 0. The second-order valence-corrected chi connectivity index (χ2v) is 9.41. The topological polar surface area (TPSA) is 49.9 Å². The molecule has 0 spiro atoms. The number of carbonyl (C=O) groups is 2. The lowest BCUT2D eigenvalue weighted by Crippen LogP contribution is -2.40. The van der Waals surface area contributed by atoms with Crippen LogP contribution in [0.15, 0.2) is 54.6 Å². The fraction of sp³-hybridized carbons (Fsp3) is 0.500. The van der Waals surface area contributed by atoms with Crippen molar-refractivity contribution in [2.45, 2.75) is 51.6 Å². The minimum absolute atomic E-state index is 0.0946. The highest BCUT2D eigenvalue weighted by atomic mass is 16.5. The lowest BCUT2D eigenvalue weighted by molar-refractivity contribution is -0.138. The number of hydrogen-bond acceptors (Lipinski definition) is 3. The van der Waals surface area contributed by atoms with E-state index >= 15 is 0 Å². The van der Waals surface area contributed by atoms with Crippen LogP contribution in [0.2, 0.25) is 0 Å². The Morgan fingerprint density at radius 3 is 2.09 bits per heavy atom. The van der Waals surface area contributed by atoms with E-state index in [1.165, 1.54) is 11.1 Å². The maximum atomic E-state index is 12.5. The fourth-order valence-corrected chi connectivity index (χ4v) is 4.86. The molecule has 176 valence electrons. The van der Waals surface area contributed by atoms with Crippen LogP contribution in [-0.2, 0) is 33.8 Å². The smallest absolute Gasteiger partial charge is 0.248 e. The van der Waals surface area contributed by atoms with Gasteiger partial charge in [-0.1, -0.05) is 54.6 Å². The molecule has 2 amide bonds. The molecule has 0 atom stereocenters. The van der Waals surface area contributed by atoms with Gasteiger partial charge in [0.2, 0.25) is 11.8 Å². The molecule has 5 nitrogen and oxygen atoms in total. The first kappa shape index (κ1) is 23.5. The number of amides is 2.